The minimum absolute atomic E-state index is 0.385. The fourth-order valence-electron chi connectivity index (χ4n) is 1.32. The smallest absolute Gasteiger partial charge is 0.320 e. The lowest BCUT2D eigenvalue weighted by Crippen LogP contribution is -2.32. The third-order valence-corrected chi connectivity index (χ3v) is 3.21. The molecule has 6 N–H and O–H groups in total. The van der Waals surface area contributed by atoms with Crippen molar-refractivity contribution in [2.75, 3.05) is 12.0 Å². The van der Waals surface area contributed by atoms with Crippen LogP contribution in [0.2, 0.25) is 0 Å². The molecule has 0 fully saturated rings. The van der Waals surface area contributed by atoms with Gasteiger partial charge in [-0.1, -0.05) is 30.3 Å². The molecule has 0 saturated heterocycles. The molecule has 0 aliphatic rings. The predicted octanol–water partition coefficient (Wildman–Crippen LogP) is 0.792. The normalized spacial score (nSPS) is 12.7. The van der Waals surface area contributed by atoms with E-state index in [0.717, 1.165) is 11.3 Å². The Morgan fingerprint density at radius 3 is 2.05 bits per heavy atom. The zero-order chi connectivity index (χ0) is 16.3. The number of hydrogen-bond acceptors (Lipinski definition) is 5. The molecule has 1 aromatic carbocycles. The van der Waals surface area contributed by atoms with Crippen LogP contribution in [-0.2, 0) is 16.0 Å². The van der Waals surface area contributed by atoms with Crippen molar-refractivity contribution in [1.82, 2.24) is 0 Å². The summed E-state index contributed by atoms with van der Waals surface area (Å²) in [6, 6.07) is 7.86. The molecule has 0 aromatic heterocycles. The highest BCUT2D eigenvalue weighted by Gasteiger charge is 2.11. The maximum Gasteiger partial charge on any atom is 0.320 e. The summed E-state index contributed by atoms with van der Waals surface area (Å²) in [5, 5.41) is 16.8. The average molecular weight is 314 g/mol. The molecule has 0 spiro atoms. The average Bonchev–Trinajstić information content (AvgIpc) is 2.46. The van der Waals surface area contributed by atoms with Gasteiger partial charge in [0.25, 0.3) is 0 Å². The van der Waals surface area contributed by atoms with E-state index < -0.39 is 24.0 Å². The number of nitrogens with two attached hydrogens (primary N) is 2. The fraction of sp³-hybridized carbons (Fsp3) is 0.429. The molecule has 0 bridgehead atoms. The van der Waals surface area contributed by atoms with Gasteiger partial charge in [0.05, 0.1) is 0 Å². The molecule has 7 heteroatoms. The number of hydrogen-bond donors (Lipinski definition) is 4. The standard InChI is InChI=1S/C9H11NO2.C5H11NO2S/c10-8(9(11)12)6-7-4-2-1-3-5-7;1-9-3-2-4(6)5(7)8/h1-5,8H,6,10H2,(H,11,12);4H,2-3,6H2,1H3,(H,7,8)/t;4-/m.1/s1. The highest BCUT2D eigenvalue weighted by atomic mass is 32.2. The van der Waals surface area contributed by atoms with Crippen molar-refractivity contribution >= 4 is 23.7 Å². The second kappa shape index (κ2) is 11.1. The number of aliphatic carboxylic acids is 2. The van der Waals surface area contributed by atoms with Gasteiger partial charge in [0, 0.05) is 0 Å². The topological polar surface area (TPSA) is 127 Å². The molecular weight excluding hydrogens is 292 g/mol. The van der Waals surface area contributed by atoms with Gasteiger partial charge in [-0.05, 0) is 30.4 Å². The first-order chi connectivity index (χ1) is 9.88. The van der Waals surface area contributed by atoms with Crippen LogP contribution in [0.5, 0.6) is 0 Å². The van der Waals surface area contributed by atoms with E-state index in [1.165, 1.54) is 0 Å². The maximum atomic E-state index is 10.4. The first-order valence-electron chi connectivity index (χ1n) is 6.38. The fourth-order valence-corrected chi connectivity index (χ4v) is 1.81. The van der Waals surface area contributed by atoms with Gasteiger partial charge in [0.15, 0.2) is 0 Å². The van der Waals surface area contributed by atoms with Crippen molar-refractivity contribution in [2.24, 2.45) is 11.5 Å². The van der Waals surface area contributed by atoms with Crippen LogP contribution in [0.1, 0.15) is 12.0 Å². The van der Waals surface area contributed by atoms with Crippen molar-refractivity contribution in [3.8, 4) is 0 Å². The lowest BCUT2D eigenvalue weighted by atomic mass is 10.1. The summed E-state index contributed by atoms with van der Waals surface area (Å²) in [7, 11) is 0. The summed E-state index contributed by atoms with van der Waals surface area (Å²) >= 11 is 1.60. The zero-order valence-electron chi connectivity index (χ0n) is 11.9. The molecule has 1 rings (SSSR count). The molecule has 0 saturated carbocycles. The zero-order valence-corrected chi connectivity index (χ0v) is 12.8. The van der Waals surface area contributed by atoms with Crippen LogP contribution >= 0.6 is 11.8 Å². The summed E-state index contributed by atoms with van der Waals surface area (Å²) in [5.74, 6) is -1.06. The Labute approximate surface area is 128 Å². The van der Waals surface area contributed by atoms with E-state index in [2.05, 4.69) is 0 Å². The number of thioether (sulfide) groups is 1. The van der Waals surface area contributed by atoms with E-state index in [4.69, 9.17) is 21.7 Å². The third-order valence-electron chi connectivity index (χ3n) is 2.57. The van der Waals surface area contributed by atoms with E-state index in [1.54, 1.807) is 11.8 Å². The van der Waals surface area contributed by atoms with Gasteiger partial charge >= 0.3 is 11.9 Å². The third kappa shape index (κ3) is 9.89. The summed E-state index contributed by atoms with van der Waals surface area (Å²) in [6.07, 6.45) is 2.86. The largest absolute Gasteiger partial charge is 0.480 e. The van der Waals surface area contributed by atoms with Gasteiger partial charge in [0.1, 0.15) is 12.1 Å². The van der Waals surface area contributed by atoms with E-state index in [0.29, 0.717) is 12.8 Å². The molecule has 2 atom stereocenters. The second-order valence-electron chi connectivity index (χ2n) is 4.36. The highest BCUT2D eigenvalue weighted by Crippen LogP contribution is 2.01. The molecule has 1 aromatic rings. The van der Waals surface area contributed by atoms with Crippen LogP contribution in [0.15, 0.2) is 30.3 Å². The summed E-state index contributed by atoms with van der Waals surface area (Å²) in [6.45, 7) is 0. The molecule has 118 valence electrons. The molecule has 0 heterocycles. The minimum Gasteiger partial charge on any atom is -0.480 e. The van der Waals surface area contributed by atoms with E-state index >= 15 is 0 Å². The Bertz CT molecular complexity index is 428. The van der Waals surface area contributed by atoms with Crippen LogP contribution in [0.3, 0.4) is 0 Å². The lowest BCUT2D eigenvalue weighted by Gasteiger charge is -2.04. The molecule has 21 heavy (non-hydrogen) atoms. The molecule has 6 nitrogen and oxygen atoms in total. The molecule has 0 radical (unpaired) electrons. The minimum atomic E-state index is -0.959. The van der Waals surface area contributed by atoms with E-state index in [9.17, 15) is 9.59 Å². The monoisotopic (exact) mass is 314 g/mol. The maximum absolute atomic E-state index is 10.4. The van der Waals surface area contributed by atoms with Crippen molar-refractivity contribution < 1.29 is 19.8 Å². The Hall–Kier alpha value is -1.57. The van der Waals surface area contributed by atoms with Crippen molar-refractivity contribution in [3.05, 3.63) is 35.9 Å². The van der Waals surface area contributed by atoms with Crippen LogP contribution < -0.4 is 11.5 Å². The SMILES string of the molecule is CSCC[C@@H](N)C(=O)O.NC(Cc1ccccc1)C(=O)O. The summed E-state index contributed by atoms with van der Waals surface area (Å²) in [5.41, 5.74) is 11.5. The van der Waals surface area contributed by atoms with Gasteiger partial charge in [0.2, 0.25) is 0 Å². The second-order valence-corrected chi connectivity index (χ2v) is 5.35. The van der Waals surface area contributed by atoms with Crippen molar-refractivity contribution in [1.29, 1.82) is 0 Å². The number of carboxylic acids is 2. The number of carboxylic acid groups (broad SMARTS) is 2. The number of carbonyl (C=O) groups is 2. The van der Waals surface area contributed by atoms with Gasteiger partial charge in [-0.15, -0.1) is 0 Å². The Morgan fingerprint density at radius 2 is 1.62 bits per heavy atom. The summed E-state index contributed by atoms with van der Waals surface area (Å²) < 4.78 is 0. The first kappa shape index (κ1) is 19.4. The Morgan fingerprint density at radius 1 is 1.10 bits per heavy atom. The first-order valence-corrected chi connectivity index (χ1v) is 7.77. The van der Waals surface area contributed by atoms with Crippen molar-refractivity contribution in [3.63, 3.8) is 0 Å². The molecular formula is C14H22N2O4S. The highest BCUT2D eigenvalue weighted by molar-refractivity contribution is 7.98. The van der Waals surface area contributed by atoms with Crippen LogP contribution in [-0.4, -0.2) is 46.2 Å². The quantitative estimate of drug-likeness (QED) is 0.586. The Balaban J connectivity index is 0.000000400. The number of rotatable bonds is 7. The van der Waals surface area contributed by atoms with E-state index in [1.807, 2.05) is 36.6 Å². The van der Waals surface area contributed by atoms with Gasteiger partial charge in [-0.3, -0.25) is 9.59 Å². The predicted molar refractivity (Wildman–Crippen MR) is 84.4 cm³/mol. The van der Waals surface area contributed by atoms with Gasteiger partial charge in [-0.25, -0.2) is 0 Å². The molecule has 0 amide bonds. The van der Waals surface area contributed by atoms with Crippen LogP contribution in [0.4, 0.5) is 0 Å². The molecule has 0 aliphatic heterocycles. The molecule has 1 unspecified atom stereocenters. The lowest BCUT2D eigenvalue weighted by molar-refractivity contribution is -0.139. The van der Waals surface area contributed by atoms with Gasteiger partial charge < -0.3 is 21.7 Å². The molecule has 0 aliphatic carbocycles. The van der Waals surface area contributed by atoms with Gasteiger partial charge in [-0.2, -0.15) is 11.8 Å². The van der Waals surface area contributed by atoms with Crippen LogP contribution in [0.25, 0.3) is 0 Å². The Kier molecular flexibility index (Phi) is 10.3. The van der Waals surface area contributed by atoms with E-state index in [-0.39, 0.29) is 0 Å². The van der Waals surface area contributed by atoms with Crippen LogP contribution in [0, 0.1) is 0 Å². The summed E-state index contributed by atoms with van der Waals surface area (Å²) in [4.78, 5) is 20.4. The van der Waals surface area contributed by atoms with Crippen molar-refractivity contribution in [2.45, 2.75) is 24.9 Å². The number of benzene rings is 1.